The molecule has 5 rings (SSSR count). The number of hydrogen-bond donors (Lipinski definition) is 0. The molecule has 3 aromatic carbocycles. The number of nitro groups is 2. The summed E-state index contributed by atoms with van der Waals surface area (Å²) in [5, 5.41) is 22.4. The van der Waals surface area contributed by atoms with Crippen molar-refractivity contribution in [2.24, 2.45) is 4.99 Å². The summed E-state index contributed by atoms with van der Waals surface area (Å²) in [4.78, 5) is 52.5. The molecule has 1 aromatic heterocycles. The molecule has 1 aliphatic heterocycles. The Bertz CT molecular complexity index is 1930. The van der Waals surface area contributed by atoms with Crippen molar-refractivity contribution < 1.29 is 24.1 Å². The Labute approximate surface area is 241 Å². The zero-order valence-corrected chi connectivity index (χ0v) is 23.1. The van der Waals surface area contributed by atoms with Crippen LogP contribution in [0.25, 0.3) is 6.08 Å². The monoisotopic (exact) mass is 586 g/mol. The van der Waals surface area contributed by atoms with Gasteiger partial charge in [-0.25, -0.2) is 9.79 Å². The van der Waals surface area contributed by atoms with E-state index in [1.807, 2.05) is 30.3 Å². The fourth-order valence-electron chi connectivity index (χ4n) is 4.50. The van der Waals surface area contributed by atoms with Gasteiger partial charge in [0.1, 0.15) is 5.75 Å². The van der Waals surface area contributed by atoms with E-state index in [1.165, 1.54) is 22.0 Å². The Kier molecular flexibility index (Phi) is 7.76. The smallest absolute Gasteiger partial charge is 0.338 e. The van der Waals surface area contributed by atoms with Crippen LogP contribution in [-0.2, 0) is 9.53 Å². The van der Waals surface area contributed by atoms with Crippen molar-refractivity contribution in [1.29, 1.82) is 0 Å². The average Bonchev–Trinajstić information content (AvgIpc) is 3.27. The van der Waals surface area contributed by atoms with E-state index in [0.717, 1.165) is 17.7 Å². The second kappa shape index (κ2) is 11.6. The molecule has 13 heteroatoms. The number of esters is 1. The second-order valence-electron chi connectivity index (χ2n) is 9.05. The van der Waals surface area contributed by atoms with Gasteiger partial charge in [-0.05, 0) is 49.2 Å². The molecule has 12 nitrogen and oxygen atoms in total. The largest absolute Gasteiger partial charge is 0.463 e. The molecule has 0 bridgehead atoms. The fourth-order valence-corrected chi connectivity index (χ4v) is 5.55. The molecular formula is C29H22N4O8S. The lowest BCUT2D eigenvalue weighted by Crippen LogP contribution is -2.39. The lowest BCUT2D eigenvalue weighted by Gasteiger charge is -2.24. The summed E-state index contributed by atoms with van der Waals surface area (Å²) in [7, 11) is 0. The number of carbonyl (C=O) groups excluding carboxylic acids is 1. The van der Waals surface area contributed by atoms with Crippen LogP contribution in [0.1, 0.15) is 31.0 Å². The third kappa shape index (κ3) is 5.45. The van der Waals surface area contributed by atoms with Crippen LogP contribution in [0.5, 0.6) is 11.5 Å². The van der Waals surface area contributed by atoms with Crippen molar-refractivity contribution in [3.63, 3.8) is 0 Å². The van der Waals surface area contributed by atoms with E-state index in [0.29, 0.717) is 26.2 Å². The van der Waals surface area contributed by atoms with Crippen LogP contribution in [0.15, 0.2) is 93.9 Å². The molecule has 0 aliphatic carbocycles. The van der Waals surface area contributed by atoms with Gasteiger partial charge in [0.25, 0.3) is 11.2 Å². The maximum Gasteiger partial charge on any atom is 0.338 e. The first-order valence-corrected chi connectivity index (χ1v) is 13.4. The molecule has 42 heavy (non-hydrogen) atoms. The summed E-state index contributed by atoms with van der Waals surface area (Å²) in [5.41, 5.74) is 0.849. The Balaban J connectivity index is 1.50. The highest BCUT2D eigenvalue weighted by Gasteiger charge is 2.33. The zero-order chi connectivity index (χ0) is 30.0. The van der Waals surface area contributed by atoms with Gasteiger partial charge in [0.05, 0.1) is 44.4 Å². The van der Waals surface area contributed by atoms with Crippen molar-refractivity contribution >= 4 is 34.8 Å². The van der Waals surface area contributed by atoms with Gasteiger partial charge in [0.2, 0.25) is 5.75 Å². The van der Waals surface area contributed by atoms with Gasteiger partial charge in [0.15, 0.2) is 4.80 Å². The van der Waals surface area contributed by atoms with Crippen LogP contribution in [0.4, 0.5) is 11.4 Å². The summed E-state index contributed by atoms with van der Waals surface area (Å²) in [6, 6.07) is 18.0. The van der Waals surface area contributed by atoms with E-state index >= 15 is 0 Å². The highest BCUT2D eigenvalue weighted by Crippen LogP contribution is 2.34. The minimum Gasteiger partial charge on any atom is -0.463 e. The molecule has 212 valence electrons. The molecule has 2 heterocycles. The van der Waals surface area contributed by atoms with Crippen LogP contribution in [0, 0.1) is 20.2 Å². The van der Waals surface area contributed by atoms with E-state index < -0.39 is 33.2 Å². The fraction of sp³-hybridized carbons (Fsp3) is 0.138. The number of carbonyl (C=O) groups is 1. The SMILES string of the molecule is CCOC(=O)C1=C(C)N=c2s/c(=C/c3ccc(Oc4ccc([N+](=O)[O-])cc4[N+](=O)[O-])cc3)c(=O)n2[C@H]1c1ccccc1. The Morgan fingerprint density at radius 2 is 1.76 bits per heavy atom. The third-order valence-electron chi connectivity index (χ3n) is 6.39. The van der Waals surface area contributed by atoms with Gasteiger partial charge in [-0.15, -0.1) is 0 Å². The molecule has 1 atom stereocenters. The maximum atomic E-state index is 13.7. The van der Waals surface area contributed by atoms with Crippen molar-refractivity contribution in [2.45, 2.75) is 19.9 Å². The van der Waals surface area contributed by atoms with Crippen molar-refractivity contribution in [2.75, 3.05) is 6.61 Å². The molecule has 0 spiro atoms. The molecule has 4 aromatic rings. The van der Waals surface area contributed by atoms with E-state index in [2.05, 4.69) is 4.99 Å². The first kappa shape index (κ1) is 28.1. The predicted octanol–water partition coefficient (Wildman–Crippen LogP) is 4.41. The minimum absolute atomic E-state index is 0.152. The maximum absolute atomic E-state index is 13.7. The molecule has 0 saturated carbocycles. The van der Waals surface area contributed by atoms with E-state index in [4.69, 9.17) is 9.47 Å². The van der Waals surface area contributed by atoms with Gasteiger partial charge in [0, 0.05) is 6.07 Å². The topological polar surface area (TPSA) is 156 Å². The number of nitro benzene ring substituents is 2. The number of fused-ring (bicyclic) bond motifs is 1. The van der Waals surface area contributed by atoms with E-state index in [1.54, 1.807) is 44.2 Å². The summed E-state index contributed by atoms with van der Waals surface area (Å²) in [6.07, 6.45) is 1.67. The minimum atomic E-state index is -0.756. The molecular weight excluding hydrogens is 564 g/mol. The van der Waals surface area contributed by atoms with Gasteiger partial charge in [-0.3, -0.25) is 29.6 Å². The van der Waals surface area contributed by atoms with E-state index in [9.17, 15) is 29.8 Å². The number of aromatic nitrogens is 1. The summed E-state index contributed by atoms with van der Waals surface area (Å²) < 4.78 is 12.8. The van der Waals surface area contributed by atoms with Gasteiger partial charge in [-0.1, -0.05) is 53.8 Å². The molecule has 0 saturated heterocycles. The van der Waals surface area contributed by atoms with Crippen molar-refractivity contribution in [3.8, 4) is 11.5 Å². The van der Waals surface area contributed by atoms with Crippen LogP contribution in [0.3, 0.4) is 0 Å². The number of allylic oxidation sites excluding steroid dienone is 1. The van der Waals surface area contributed by atoms with Crippen molar-refractivity contribution in [1.82, 2.24) is 4.57 Å². The number of rotatable bonds is 8. The van der Waals surface area contributed by atoms with E-state index in [-0.39, 0.29) is 23.7 Å². The first-order valence-electron chi connectivity index (χ1n) is 12.6. The summed E-state index contributed by atoms with van der Waals surface area (Å²) >= 11 is 1.18. The van der Waals surface area contributed by atoms with Crippen LogP contribution in [-0.4, -0.2) is 27.0 Å². The number of nitrogens with zero attached hydrogens (tertiary/aromatic N) is 4. The number of thiazole rings is 1. The quantitative estimate of drug-likeness (QED) is 0.167. The number of benzene rings is 3. The Hall–Kier alpha value is -5.43. The van der Waals surface area contributed by atoms with Gasteiger partial charge >= 0.3 is 11.7 Å². The van der Waals surface area contributed by atoms with Gasteiger partial charge in [-0.2, -0.15) is 0 Å². The van der Waals surface area contributed by atoms with Crippen LogP contribution in [0.2, 0.25) is 0 Å². The lowest BCUT2D eigenvalue weighted by molar-refractivity contribution is -0.394. The lowest BCUT2D eigenvalue weighted by atomic mass is 9.96. The number of non-ortho nitro benzene ring substituents is 1. The average molecular weight is 587 g/mol. The molecule has 0 unspecified atom stereocenters. The number of ether oxygens (including phenoxy) is 2. The van der Waals surface area contributed by atoms with Crippen LogP contribution < -0.4 is 19.6 Å². The summed E-state index contributed by atoms with van der Waals surface area (Å²) in [6.45, 7) is 3.61. The Morgan fingerprint density at radius 1 is 1.05 bits per heavy atom. The zero-order valence-electron chi connectivity index (χ0n) is 22.3. The normalized spacial score (nSPS) is 14.6. The molecule has 0 radical (unpaired) electrons. The number of hydrogen-bond acceptors (Lipinski definition) is 10. The molecule has 0 N–H and O–H groups in total. The predicted molar refractivity (Wildman–Crippen MR) is 153 cm³/mol. The van der Waals surface area contributed by atoms with Crippen LogP contribution >= 0.6 is 11.3 Å². The second-order valence-corrected chi connectivity index (χ2v) is 10.1. The summed E-state index contributed by atoms with van der Waals surface area (Å²) in [5.74, 6) is -0.435. The molecule has 1 aliphatic rings. The highest BCUT2D eigenvalue weighted by molar-refractivity contribution is 7.07. The third-order valence-corrected chi connectivity index (χ3v) is 7.37. The molecule has 0 amide bonds. The van der Waals surface area contributed by atoms with Crippen molar-refractivity contribution in [3.05, 3.63) is 135 Å². The first-order chi connectivity index (χ1) is 20.2. The Morgan fingerprint density at radius 3 is 2.40 bits per heavy atom. The van der Waals surface area contributed by atoms with Gasteiger partial charge < -0.3 is 9.47 Å². The highest BCUT2D eigenvalue weighted by atomic mass is 32.1. The standard InChI is InChI=1S/C29H22N4O8S/c1-3-40-28(35)25-17(2)30-29-31(26(25)19-7-5-4-6-8-19)27(34)24(42-29)15-18-9-12-21(13-10-18)41-23-14-11-20(32(36)37)16-22(23)33(38)39/h4-16,26H,3H2,1-2H3/b24-15+/t26-/m0/s1. The molecule has 0 fully saturated rings.